The lowest BCUT2D eigenvalue weighted by Crippen LogP contribution is -2.49. The molecular formula is C19H30O2. The van der Waals surface area contributed by atoms with Crippen molar-refractivity contribution in [3.8, 4) is 0 Å². The van der Waals surface area contributed by atoms with Crippen LogP contribution in [0.5, 0.6) is 0 Å². The summed E-state index contributed by atoms with van der Waals surface area (Å²) in [5, 5.41) is 10.00. The quantitative estimate of drug-likeness (QED) is 0.689. The molecule has 2 unspecified atom stereocenters. The summed E-state index contributed by atoms with van der Waals surface area (Å²) in [7, 11) is 0. The topological polar surface area (TPSA) is 32.8 Å². The standard InChI is InChI=1S/C19H30O2/c1-18-6-4-13-8-14-9-15(20)3-2-12(14)10-16(13)17(18)5-7-19(18)11-21-19/h12-17,20H,2-11H2,1H3/t12-,13+,14+,15?,16+,17?,18-,19+/m1/s1. The molecule has 1 spiro atoms. The molecule has 4 aliphatic carbocycles. The first kappa shape index (κ1) is 13.4. The van der Waals surface area contributed by atoms with E-state index in [1.54, 1.807) is 0 Å². The van der Waals surface area contributed by atoms with Crippen molar-refractivity contribution in [1.82, 2.24) is 0 Å². The molecule has 0 amide bonds. The molecule has 5 rings (SSSR count). The van der Waals surface area contributed by atoms with Crippen LogP contribution < -0.4 is 0 Å². The van der Waals surface area contributed by atoms with Crippen LogP contribution in [-0.2, 0) is 4.74 Å². The van der Waals surface area contributed by atoms with E-state index in [2.05, 4.69) is 6.92 Å². The van der Waals surface area contributed by atoms with Gasteiger partial charge in [-0.15, -0.1) is 0 Å². The smallest absolute Gasteiger partial charge is 0.0972 e. The second kappa shape index (κ2) is 4.26. The summed E-state index contributed by atoms with van der Waals surface area (Å²) >= 11 is 0. The lowest BCUT2D eigenvalue weighted by molar-refractivity contribution is -0.0661. The Kier molecular flexibility index (Phi) is 2.71. The zero-order valence-electron chi connectivity index (χ0n) is 13.4. The van der Waals surface area contributed by atoms with Gasteiger partial charge < -0.3 is 9.84 Å². The van der Waals surface area contributed by atoms with Gasteiger partial charge in [0.05, 0.1) is 18.3 Å². The second-order valence-electron chi connectivity index (χ2n) is 9.27. The Morgan fingerprint density at radius 3 is 2.57 bits per heavy atom. The van der Waals surface area contributed by atoms with Crippen LogP contribution in [0.2, 0.25) is 0 Å². The minimum atomic E-state index is 0.00581. The first-order valence-corrected chi connectivity index (χ1v) is 9.43. The molecule has 0 aromatic carbocycles. The molecule has 1 saturated heterocycles. The Hall–Kier alpha value is -0.0800. The van der Waals surface area contributed by atoms with E-state index >= 15 is 0 Å². The van der Waals surface area contributed by atoms with E-state index in [9.17, 15) is 5.11 Å². The van der Waals surface area contributed by atoms with Gasteiger partial charge in [-0.1, -0.05) is 6.92 Å². The van der Waals surface area contributed by atoms with Crippen LogP contribution in [0.3, 0.4) is 0 Å². The van der Waals surface area contributed by atoms with Crippen molar-refractivity contribution in [1.29, 1.82) is 0 Å². The lowest BCUT2D eigenvalue weighted by Gasteiger charge is -2.54. The summed E-state index contributed by atoms with van der Waals surface area (Å²) in [4.78, 5) is 0. The van der Waals surface area contributed by atoms with E-state index in [4.69, 9.17) is 4.74 Å². The highest BCUT2D eigenvalue weighted by Crippen LogP contribution is 2.68. The van der Waals surface area contributed by atoms with Crippen molar-refractivity contribution >= 4 is 0 Å². The van der Waals surface area contributed by atoms with Gasteiger partial charge in [-0.2, -0.15) is 0 Å². The number of rotatable bonds is 0. The fourth-order valence-electron chi connectivity index (χ4n) is 7.31. The minimum absolute atomic E-state index is 0.00581. The van der Waals surface area contributed by atoms with Gasteiger partial charge in [0.1, 0.15) is 0 Å². The third kappa shape index (κ3) is 1.72. The molecular weight excluding hydrogens is 260 g/mol. The second-order valence-corrected chi connectivity index (χ2v) is 9.27. The van der Waals surface area contributed by atoms with Crippen molar-refractivity contribution in [2.75, 3.05) is 6.61 Å². The maximum Gasteiger partial charge on any atom is 0.0972 e. The molecule has 0 radical (unpaired) electrons. The van der Waals surface area contributed by atoms with Gasteiger partial charge in [-0.25, -0.2) is 0 Å². The SMILES string of the molecule is C[C@@]12CC[C@H]3C[C@H]4CC(O)CC[C@@H]4C[C@@H]3C1CC[C@]21CO1. The van der Waals surface area contributed by atoms with E-state index in [0.717, 1.165) is 49.0 Å². The number of epoxide rings is 1. The van der Waals surface area contributed by atoms with E-state index in [1.807, 2.05) is 0 Å². The fourth-order valence-corrected chi connectivity index (χ4v) is 7.31. The molecule has 4 saturated carbocycles. The molecule has 5 fully saturated rings. The molecule has 0 aromatic heterocycles. The Morgan fingerprint density at radius 1 is 0.905 bits per heavy atom. The van der Waals surface area contributed by atoms with E-state index in [0.29, 0.717) is 11.0 Å². The maximum atomic E-state index is 10.00. The minimum Gasteiger partial charge on any atom is -0.393 e. The predicted octanol–water partition coefficient (Wildman–Crippen LogP) is 3.77. The fraction of sp³-hybridized carbons (Fsp3) is 1.00. The van der Waals surface area contributed by atoms with E-state index in [1.165, 1.54) is 44.9 Å². The Labute approximate surface area is 128 Å². The largest absolute Gasteiger partial charge is 0.393 e. The molecule has 5 aliphatic rings. The van der Waals surface area contributed by atoms with Crippen LogP contribution in [0.4, 0.5) is 0 Å². The summed E-state index contributed by atoms with van der Waals surface area (Å²) in [6.45, 7) is 3.61. The molecule has 2 heteroatoms. The van der Waals surface area contributed by atoms with Crippen LogP contribution in [0.25, 0.3) is 0 Å². The monoisotopic (exact) mass is 290 g/mol. The molecule has 21 heavy (non-hydrogen) atoms. The van der Waals surface area contributed by atoms with Crippen LogP contribution in [-0.4, -0.2) is 23.4 Å². The molecule has 118 valence electrons. The van der Waals surface area contributed by atoms with Crippen molar-refractivity contribution in [2.45, 2.75) is 76.4 Å². The number of fused-ring (bicyclic) bond motifs is 5. The lowest BCUT2D eigenvalue weighted by atomic mass is 9.51. The van der Waals surface area contributed by atoms with Crippen LogP contribution in [0.15, 0.2) is 0 Å². The first-order valence-electron chi connectivity index (χ1n) is 9.43. The third-order valence-corrected chi connectivity index (χ3v) is 8.66. The van der Waals surface area contributed by atoms with Crippen molar-refractivity contribution < 1.29 is 9.84 Å². The average Bonchev–Trinajstić information content (AvgIpc) is 3.20. The first-order chi connectivity index (χ1) is 10.1. The van der Waals surface area contributed by atoms with Crippen molar-refractivity contribution in [2.24, 2.45) is 35.0 Å². The van der Waals surface area contributed by atoms with Gasteiger partial charge in [-0.05, 0) is 87.4 Å². The van der Waals surface area contributed by atoms with Crippen LogP contribution in [0.1, 0.15) is 64.7 Å². The number of hydrogen-bond acceptors (Lipinski definition) is 2. The number of aliphatic hydroxyl groups is 1. The summed E-state index contributed by atoms with van der Waals surface area (Å²) in [6.07, 6.45) is 12.0. The molecule has 1 N–H and O–H groups in total. The molecule has 2 nitrogen and oxygen atoms in total. The van der Waals surface area contributed by atoms with Gasteiger partial charge in [0.2, 0.25) is 0 Å². The molecule has 8 atom stereocenters. The number of ether oxygens (including phenoxy) is 1. The highest BCUT2D eigenvalue weighted by molar-refractivity contribution is 5.17. The summed E-state index contributed by atoms with van der Waals surface area (Å²) in [6, 6.07) is 0. The predicted molar refractivity (Wildman–Crippen MR) is 81.8 cm³/mol. The van der Waals surface area contributed by atoms with Gasteiger partial charge in [0, 0.05) is 5.41 Å². The molecule has 1 heterocycles. The zero-order chi connectivity index (χ0) is 14.2. The van der Waals surface area contributed by atoms with Gasteiger partial charge in [0.15, 0.2) is 0 Å². The summed E-state index contributed by atoms with van der Waals surface area (Å²) < 4.78 is 6.00. The van der Waals surface area contributed by atoms with Crippen molar-refractivity contribution in [3.05, 3.63) is 0 Å². The molecule has 0 aromatic rings. The molecule has 1 aliphatic heterocycles. The number of aliphatic hydroxyl groups excluding tert-OH is 1. The zero-order valence-corrected chi connectivity index (χ0v) is 13.4. The van der Waals surface area contributed by atoms with E-state index < -0.39 is 0 Å². The van der Waals surface area contributed by atoms with Gasteiger partial charge in [-0.3, -0.25) is 0 Å². The Morgan fingerprint density at radius 2 is 1.76 bits per heavy atom. The summed E-state index contributed by atoms with van der Waals surface area (Å²) in [5.74, 6) is 4.64. The average molecular weight is 290 g/mol. The highest BCUT2D eigenvalue weighted by Gasteiger charge is 2.68. The third-order valence-electron chi connectivity index (χ3n) is 8.66. The highest BCUT2D eigenvalue weighted by atomic mass is 16.6. The summed E-state index contributed by atoms with van der Waals surface area (Å²) in [5.41, 5.74) is 0.803. The molecule has 0 bridgehead atoms. The van der Waals surface area contributed by atoms with E-state index in [-0.39, 0.29) is 6.10 Å². The number of hydrogen-bond donors (Lipinski definition) is 1. The normalized spacial score (nSPS) is 62.0. The van der Waals surface area contributed by atoms with Gasteiger partial charge in [0.25, 0.3) is 0 Å². The van der Waals surface area contributed by atoms with Crippen molar-refractivity contribution in [3.63, 3.8) is 0 Å². The van der Waals surface area contributed by atoms with Crippen LogP contribution in [0, 0.1) is 35.0 Å². The maximum absolute atomic E-state index is 10.00. The Bertz CT molecular complexity index is 443. The van der Waals surface area contributed by atoms with Crippen LogP contribution >= 0.6 is 0 Å². The van der Waals surface area contributed by atoms with Gasteiger partial charge >= 0.3 is 0 Å². The Balaban J connectivity index is 1.40.